The molecule has 1 aliphatic heterocycles. The van der Waals surface area contributed by atoms with E-state index in [-0.39, 0.29) is 12.5 Å². The van der Waals surface area contributed by atoms with Gasteiger partial charge in [0.05, 0.1) is 12.2 Å². The van der Waals surface area contributed by atoms with Crippen LogP contribution in [-0.4, -0.2) is 56.8 Å². The van der Waals surface area contributed by atoms with Gasteiger partial charge >= 0.3 is 5.97 Å². The van der Waals surface area contributed by atoms with Crippen LogP contribution in [0.3, 0.4) is 0 Å². The van der Waals surface area contributed by atoms with Crippen molar-refractivity contribution in [2.24, 2.45) is 5.92 Å². The van der Waals surface area contributed by atoms with E-state index in [0.717, 1.165) is 11.2 Å². The molecule has 1 aromatic rings. The molecule has 0 atom stereocenters. The molecule has 0 bridgehead atoms. The summed E-state index contributed by atoms with van der Waals surface area (Å²) in [6, 6.07) is 7.35. The Morgan fingerprint density at radius 1 is 1.24 bits per heavy atom. The smallest absolute Gasteiger partial charge is 0.309 e. The number of hydrogen-bond acceptors (Lipinski definition) is 6. The fourth-order valence-corrected chi connectivity index (χ4v) is 3.83. The van der Waals surface area contributed by atoms with Crippen LogP contribution in [0.5, 0.6) is 0 Å². The predicted octanol–water partition coefficient (Wildman–Crippen LogP) is 1.56. The van der Waals surface area contributed by atoms with E-state index in [1.165, 1.54) is 4.31 Å². The number of hydrogen-bond donors (Lipinski definition) is 1. The van der Waals surface area contributed by atoms with E-state index in [9.17, 15) is 18.0 Å². The number of rotatable bonds is 6. The van der Waals surface area contributed by atoms with E-state index in [4.69, 9.17) is 4.74 Å². The number of nitrogens with zero attached hydrogens (tertiary/aromatic N) is 1. The molecular weight excluding hydrogens is 364 g/mol. The third-order valence-electron chi connectivity index (χ3n) is 3.98. The molecule has 0 aromatic heterocycles. The lowest BCUT2D eigenvalue weighted by Gasteiger charge is -2.28. The largest absolute Gasteiger partial charge is 0.455 e. The summed E-state index contributed by atoms with van der Waals surface area (Å²) in [7, 11) is -3.22. The van der Waals surface area contributed by atoms with Crippen molar-refractivity contribution < 1.29 is 22.7 Å². The highest BCUT2D eigenvalue weighted by Gasteiger charge is 2.30. The summed E-state index contributed by atoms with van der Waals surface area (Å²) in [5.41, 5.74) is 0.639. The quantitative estimate of drug-likeness (QED) is 0.589. The lowest BCUT2D eigenvalue weighted by Crippen LogP contribution is -2.40. The van der Waals surface area contributed by atoms with Gasteiger partial charge < -0.3 is 10.1 Å². The highest BCUT2D eigenvalue weighted by atomic mass is 32.2. The van der Waals surface area contributed by atoms with E-state index in [1.807, 2.05) is 18.4 Å². The zero-order valence-corrected chi connectivity index (χ0v) is 15.9. The fraction of sp³-hybridized carbons (Fsp3) is 0.500. The van der Waals surface area contributed by atoms with Gasteiger partial charge in [0.2, 0.25) is 10.0 Å². The molecular formula is C16H22N2O5S2. The van der Waals surface area contributed by atoms with Crippen LogP contribution in [0.25, 0.3) is 0 Å². The molecule has 9 heteroatoms. The molecule has 0 spiro atoms. The monoisotopic (exact) mass is 386 g/mol. The van der Waals surface area contributed by atoms with Crippen molar-refractivity contribution in [1.82, 2.24) is 4.31 Å². The Kier molecular flexibility index (Phi) is 6.86. The van der Waals surface area contributed by atoms with Crippen molar-refractivity contribution >= 4 is 39.3 Å². The van der Waals surface area contributed by atoms with E-state index < -0.39 is 21.9 Å². The van der Waals surface area contributed by atoms with Crippen LogP contribution in [0.1, 0.15) is 12.8 Å². The van der Waals surface area contributed by atoms with Gasteiger partial charge in [0.25, 0.3) is 5.91 Å². The first-order valence-corrected chi connectivity index (χ1v) is 10.9. The Morgan fingerprint density at radius 3 is 2.36 bits per heavy atom. The van der Waals surface area contributed by atoms with Crippen LogP contribution in [0.4, 0.5) is 5.69 Å². The normalized spacial score (nSPS) is 16.4. The van der Waals surface area contributed by atoms with Gasteiger partial charge in [-0.3, -0.25) is 9.59 Å². The number of benzene rings is 1. The van der Waals surface area contributed by atoms with Crippen molar-refractivity contribution in [2.75, 3.05) is 37.5 Å². The Hall–Kier alpha value is -1.58. The molecule has 7 nitrogen and oxygen atoms in total. The van der Waals surface area contributed by atoms with Crippen LogP contribution in [0, 0.1) is 5.92 Å². The molecule has 0 aliphatic carbocycles. The van der Waals surface area contributed by atoms with E-state index >= 15 is 0 Å². The minimum atomic E-state index is -3.22. The second-order valence-corrected chi connectivity index (χ2v) is 8.68. The van der Waals surface area contributed by atoms with E-state index in [1.54, 1.807) is 23.9 Å². The van der Waals surface area contributed by atoms with Gasteiger partial charge in [0.15, 0.2) is 6.61 Å². The molecule has 1 amide bonds. The van der Waals surface area contributed by atoms with Gasteiger partial charge in [0.1, 0.15) is 0 Å². The summed E-state index contributed by atoms with van der Waals surface area (Å²) in [6.45, 7) is 0.245. The molecule has 1 saturated heterocycles. The first kappa shape index (κ1) is 19.7. The van der Waals surface area contributed by atoms with Crippen molar-refractivity contribution in [3.8, 4) is 0 Å². The van der Waals surface area contributed by atoms with Crippen molar-refractivity contribution in [1.29, 1.82) is 0 Å². The van der Waals surface area contributed by atoms with Crippen LogP contribution in [0.15, 0.2) is 29.2 Å². The standard InChI is InChI=1S/C16H22N2O5S2/c1-24-14-5-3-13(4-6-14)17-15(19)11-23-16(20)12-7-9-18(10-8-12)25(2,21)22/h3-6,12H,7-11H2,1-2H3,(H,17,19). The van der Waals surface area contributed by atoms with Gasteiger partial charge in [-0.15, -0.1) is 11.8 Å². The van der Waals surface area contributed by atoms with Crippen molar-refractivity contribution in [3.05, 3.63) is 24.3 Å². The molecule has 1 aromatic carbocycles. The molecule has 25 heavy (non-hydrogen) atoms. The summed E-state index contributed by atoms with van der Waals surface area (Å²) in [5, 5.41) is 2.67. The van der Waals surface area contributed by atoms with Crippen molar-refractivity contribution in [2.45, 2.75) is 17.7 Å². The Labute approximate surface area is 152 Å². The van der Waals surface area contributed by atoms with Crippen LogP contribution >= 0.6 is 11.8 Å². The average Bonchev–Trinajstić information content (AvgIpc) is 2.59. The van der Waals surface area contributed by atoms with E-state index in [0.29, 0.717) is 31.6 Å². The number of carbonyl (C=O) groups is 2. The fourth-order valence-electron chi connectivity index (χ4n) is 2.55. The lowest BCUT2D eigenvalue weighted by atomic mass is 9.98. The number of ether oxygens (including phenoxy) is 1. The lowest BCUT2D eigenvalue weighted by molar-refractivity contribution is -0.152. The first-order chi connectivity index (χ1) is 11.8. The number of piperidine rings is 1. The van der Waals surface area contributed by atoms with Gasteiger partial charge in [-0.1, -0.05) is 0 Å². The molecule has 1 aliphatic rings. The number of anilines is 1. The molecule has 0 saturated carbocycles. The van der Waals surface area contributed by atoms with Crippen LogP contribution < -0.4 is 5.32 Å². The minimum absolute atomic E-state index is 0.298. The molecule has 1 N–H and O–H groups in total. The number of amides is 1. The predicted molar refractivity (Wildman–Crippen MR) is 97.0 cm³/mol. The summed E-state index contributed by atoms with van der Waals surface area (Å²) < 4.78 is 29.3. The summed E-state index contributed by atoms with van der Waals surface area (Å²) in [5.74, 6) is -1.23. The van der Waals surface area contributed by atoms with Gasteiger partial charge in [-0.2, -0.15) is 0 Å². The molecule has 138 valence electrons. The number of esters is 1. The zero-order chi connectivity index (χ0) is 18.4. The zero-order valence-electron chi connectivity index (χ0n) is 14.2. The van der Waals surface area contributed by atoms with Gasteiger partial charge in [-0.25, -0.2) is 12.7 Å². The molecule has 2 rings (SSSR count). The van der Waals surface area contributed by atoms with Gasteiger partial charge in [0, 0.05) is 23.7 Å². The molecule has 0 unspecified atom stereocenters. The summed E-state index contributed by atoms with van der Waals surface area (Å²) >= 11 is 1.60. The second kappa shape index (κ2) is 8.68. The maximum absolute atomic E-state index is 12.0. The Morgan fingerprint density at radius 2 is 1.84 bits per heavy atom. The van der Waals surface area contributed by atoms with E-state index in [2.05, 4.69) is 5.32 Å². The summed E-state index contributed by atoms with van der Waals surface area (Å²) in [6.07, 6.45) is 3.93. The molecule has 0 radical (unpaired) electrons. The van der Waals surface area contributed by atoms with Crippen LogP contribution in [-0.2, 0) is 24.3 Å². The number of carbonyl (C=O) groups excluding carboxylic acids is 2. The SMILES string of the molecule is CSc1ccc(NC(=O)COC(=O)C2CCN(S(C)(=O)=O)CC2)cc1. The Bertz CT molecular complexity index is 711. The van der Waals surface area contributed by atoms with Gasteiger partial charge in [-0.05, 0) is 43.4 Å². The third kappa shape index (κ3) is 6.02. The van der Waals surface area contributed by atoms with Crippen LogP contribution in [0.2, 0.25) is 0 Å². The highest BCUT2D eigenvalue weighted by Crippen LogP contribution is 2.20. The number of thioether (sulfide) groups is 1. The number of nitrogens with one attached hydrogen (secondary N) is 1. The maximum Gasteiger partial charge on any atom is 0.309 e. The number of sulfonamides is 1. The summed E-state index contributed by atoms with van der Waals surface area (Å²) in [4.78, 5) is 25.0. The van der Waals surface area contributed by atoms with Crippen molar-refractivity contribution in [3.63, 3.8) is 0 Å². The Balaban J connectivity index is 1.75. The third-order valence-corrected chi connectivity index (χ3v) is 6.02. The maximum atomic E-state index is 12.0. The molecule has 1 fully saturated rings. The second-order valence-electron chi connectivity index (χ2n) is 5.82. The highest BCUT2D eigenvalue weighted by molar-refractivity contribution is 7.98. The average molecular weight is 386 g/mol. The minimum Gasteiger partial charge on any atom is -0.455 e. The first-order valence-electron chi connectivity index (χ1n) is 7.85. The topological polar surface area (TPSA) is 92.8 Å². The molecule has 1 heterocycles.